The summed E-state index contributed by atoms with van der Waals surface area (Å²) in [5, 5.41) is 18.4. The topological polar surface area (TPSA) is 81.1 Å². The number of hydrogen-bond donors (Lipinski definition) is 2. The molecule has 2 N–H and O–H groups in total. The first-order valence-corrected chi connectivity index (χ1v) is 5.29. The van der Waals surface area contributed by atoms with Gasteiger partial charge in [-0.15, -0.1) is 0 Å². The van der Waals surface area contributed by atoms with Crippen molar-refractivity contribution in [2.75, 3.05) is 13.6 Å². The Morgan fingerprint density at radius 3 is 2.44 bits per heavy atom. The molecule has 2 unspecified atom stereocenters. The van der Waals surface area contributed by atoms with E-state index in [0.717, 1.165) is 0 Å². The molecule has 6 heteroatoms. The van der Waals surface area contributed by atoms with Crippen LogP contribution in [0.5, 0.6) is 0 Å². The Morgan fingerprint density at radius 2 is 2.00 bits per heavy atom. The number of amides is 2. The second-order valence-corrected chi connectivity index (χ2v) is 4.38. The number of carboxylic acids is 1. The standard InChI is InChI=1S/C10H18N2O4/c1-6(2)11(3)10(16)12-5-7(13)4-8(12)9(14)15/h6-8,13H,4-5H2,1-3H3,(H,14,15). The summed E-state index contributed by atoms with van der Waals surface area (Å²) in [6, 6.07) is -1.26. The van der Waals surface area contributed by atoms with Crippen molar-refractivity contribution >= 4 is 12.0 Å². The molecule has 92 valence electrons. The van der Waals surface area contributed by atoms with Gasteiger partial charge in [-0.2, -0.15) is 0 Å². The van der Waals surface area contributed by atoms with Gasteiger partial charge in [0.25, 0.3) is 0 Å². The Balaban J connectivity index is 2.78. The lowest BCUT2D eigenvalue weighted by Crippen LogP contribution is -2.48. The molecule has 1 aliphatic rings. The monoisotopic (exact) mass is 230 g/mol. The van der Waals surface area contributed by atoms with Gasteiger partial charge in [0.15, 0.2) is 0 Å². The smallest absolute Gasteiger partial charge is 0.326 e. The van der Waals surface area contributed by atoms with Gasteiger partial charge in [0.1, 0.15) is 6.04 Å². The van der Waals surface area contributed by atoms with Gasteiger partial charge in [-0.25, -0.2) is 9.59 Å². The molecule has 2 atom stereocenters. The third-order valence-electron chi connectivity index (χ3n) is 2.89. The van der Waals surface area contributed by atoms with Crippen molar-refractivity contribution in [2.24, 2.45) is 0 Å². The Labute approximate surface area is 94.4 Å². The Morgan fingerprint density at radius 1 is 1.44 bits per heavy atom. The number of carbonyl (C=O) groups is 2. The third-order valence-corrected chi connectivity index (χ3v) is 2.89. The van der Waals surface area contributed by atoms with Crippen molar-refractivity contribution in [1.29, 1.82) is 0 Å². The molecule has 1 aliphatic heterocycles. The van der Waals surface area contributed by atoms with Gasteiger partial charge in [-0.3, -0.25) is 0 Å². The molecular weight excluding hydrogens is 212 g/mol. The predicted octanol–water partition coefficient (Wildman–Crippen LogP) is -0.0336. The van der Waals surface area contributed by atoms with Crippen molar-refractivity contribution < 1.29 is 19.8 Å². The summed E-state index contributed by atoms with van der Waals surface area (Å²) in [5.41, 5.74) is 0. The molecule has 0 radical (unpaired) electrons. The highest BCUT2D eigenvalue weighted by atomic mass is 16.4. The quantitative estimate of drug-likeness (QED) is 0.697. The lowest BCUT2D eigenvalue weighted by atomic mass is 10.2. The van der Waals surface area contributed by atoms with Crippen molar-refractivity contribution in [3.05, 3.63) is 0 Å². The van der Waals surface area contributed by atoms with Crippen LogP contribution in [0.1, 0.15) is 20.3 Å². The lowest BCUT2D eigenvalue weighted by molar-refractivity contribution is -0.141. The number of aliphatic hydroxyl groups is 1. The molecule has 0 aliphatic carbocycles. The van der Waals surface area contributed by atoms with Crippen LogP contribution < -0.4 is 0 Å². The molecule has 1 rings (SSSR count). The number of nitrogens with zero attached hydrogens (tertiary/aromatic N) is 2. The van der Waals surface area contributed by atoms with Gasteiger partial charge in [-0.1, -0.05) is 0 Å². The number of aliphatic carboxylic acids is 1. The van der Waals surface area contributed by atoms with Gasteiger partial charge in [0, 0.05) is 26.1 Å². The molecule has 16 heavy (non-hydrogen) atoms. The van der Waals surface area contributed by atoms with Crippen LogP contribution in [0.15, 0.2) is 0 Å². The van der Waals surface area contributed by atoms with Gasteiger partial charge in [0.2, 0.25) is 0 Å². The van der Waals surface area contributed by atoms with E-state index in [1.165, 1.54) is 9.80 Å². The molecule has 2 amide bonds. The number of urea groups is 1. The summed E-state index contributed by atoms with van der Waals surface area (Å²) in [6.07, 6.45) is -0.641. The van der Waals surface area contributed by atoms with E-state index in [-0.39, 0.29) is 25.0 Å². The minimum atomic E-state index is -1.07. The van der Waals surface area contributed by atoms with E-state index in [4.69, 9.17) is 5.11 Å². The minimum Gasteiger partial charge on any atom is -0.480 e. The zero-order valence-electron chi connectivity index (χ0n) is 9.75. The van der Waals surface area contributed by atoms with Crippen LogP contribution in [0.2, 0.25) is 0 Å². The largest absolute Gasteiger partial charge is 0.480 e. The first-order valence-electron chi connectivity index (χ1n) is 5.29. The van der Waals surface area contributed by atoms with Crippen LogP contribution in [0.4, 0.5) is 4.79 Å². The van der Waals surface area contributed by atoms with E-state index >= 15 is 0 Å². The van der Waals surface area contributed by atoms with Crippen LogP contribution in [-0.4, -0.2) is 63.8 Å². The number of β-amino-alcohol motifs (C(OH)–C–C–N with tert-alkyl or cyclic N) is 1. The van der Waals surface area contributed by atoms with Gasteiger partial charge >= 0.3 is 12.0 Å². The average Bonchev–Trinajstić information content (AvgIpc) is 2.58. The Kier molecular flexibility index (Phi) is 3.74. The van der Waals surface area contributed by atoms with Crippen LogP contribution in [-0.2, 0) is 4.79 Å². The van der Waals surface area contributed by atoms with Crippen LogP contribution >= 0.6 is 0 Å². The first-order chi connectivity index (χ1) is 7.34. The molecule has 0 spiro atoms. The highest BCUT2D eigenvalue weighted by Crippen LogP contribution is 2.20. The minimum absolute atomic E-state index is 0.000289. The van der Waals surface area contributed by atoms with Crippen LogP contribution in [0, 0.1) is 0 Å². The summed E-state index contributed by atoms with van der Waals surface area (Å²) < 4.78 is 0. The highest BCUT2D eigenvalue weighted by Gasteiger charge is 2.40. The molecule has 0 aromatic rings. The average molecular weight is 230 g/mol. The molecule has 0 bridgehead atoms. The molecule has 0 saturated carbocycles. The summed E-state index contributed by atoms with van der Waals surface area (Å²) in [4.78, 5) is 25.5. The zero-order chi connectivity index (χ0) is 12.5. The summed E-state index contributed by atoms with van der Waals surface area (Å²) >= 11 is 0. The summed E-state index contributed by atoms with van der Waals surface area (Å²) in [7, 11) is 1.62. The number of rotatable bonds is 2. The van der Waals surface area contributed by atoms with E-state index < -0.39 is 18.1 Å². The van der Waals surface area contributed by atoms with E-state index in [0.29, 0.717) is 0 Å². The molecule has 1 saturated heterocycles. The number of aliphatic hydroxyl groups excluding tert-OH is 1. The Bertz CT molecular complexity index is 293. The normalized spacial score (nSPS) is 24.9. The SMILES string of the molecule is CC(C)N(C)C(=O)N1CC(O)CC1C(=O)O. The predicted molar refractivity (Wildman–Crippen MR) is 57.0 cm³/mol. The lowest BCUT2D eigenvalue weighted by Gasteiger charge is -2.29. The van der Waals surface area contributed by atoms with Crippen molar-refractivity contribution in [3.8, 4) is 0 Å². The molecule has 6 nitrogen and oxygen atoms in total. The molecule has 1 fully saturated rings. The fourth-order valence-corrected chi connectivity index (χ4v) is 1.68. The Hall–Kier alpha value is -1.30. The van der Waals surface area contributed by atoms with E-state index in [2.05, 4.69) is 0 Å². The van der Waals surface area contributed by atoms with Crippen LogP contribution in [0.3, 0.4) is 0 Å². The number of likely N-dealkylation sites (tertiary alicyclic amines) is 1. The van der Waals surface area contributed by atoms with Gasteiger partial charge < -0.3 is 20.0 Å². The number of carboxylic acid groups (broad SMARTS) is 1. The number of carbonyl (C=O) groups excluding carboxylic acids is 1. The number of hydrogen-bond acceptors (Lipinski definition) is 3. The van der Waals surface area contributed by atoms with Crippen molar-refractivity contribution in [2.45, 2.75) is 38.5 Å². The molecular formula is C10H18N2O4. The second-order valence-electron chi connectivity index (χ2n) is 4.38. The van der Waals surface area contributed by atoms with E-state index in [1.807, 2.05) is 13.8 Å². The fraction of sp³-hybridized carbons (Fsp3) is 0.800. The van der Waals surface area contributed by atoms with Crippen LogP contribution in [0.25, 0.3) is 0 Å². The van der Waals surface area contributed by atoms with E-state index in [9.17, 15) is 14.7 Å². The maximum atomic E-state index is 11.9. The summed E-state index contributed by atoms with van der Waals surface area (Å²) in [6.45, 7) is 3.78. The maximum absolute atomic E-state index is 11.9. The molecule has 1 heterocycles. The third kappa shape index (κ3) is 2.44. The first kappa shape index (κ1) is 12.8. The highest BCUT2D eigenvalue weighted by molar-refractivity contribution is 5.83. The molecule has 0 aromatic carbocycles. The second kappa shape index (κ2) is 4.69. The van der Waals surface area contributed by atoms with Gasteiger partial charge in [0.05, 0.1) is 6.10 Å². The van der Waals surface area contributed by atoms with Gasteiger partial charge in [-0.05, 0) is 13.8 Å². The van der Waals surface area contributed by atoms with E-state index in [1.54, 1.807) is 7.05 Å². The maximum Gasteiger partial charge on any atom is 0.326 e. The van der Waals surface area contributed by atoms with Crippen molar-refractivity contribution in [3.63, 3.8) is 0 Å². The fourth-order valence-electron chi connectivity index (χ4n) is 1.68. The van der Waals surface area contributed by atoms with Crippen molar-refractivity contribution in [1.82, 2.24) is 9.80 Å². The zero-order valence-corrected chi connectivity index (χ0v) is 9.75. The summed E-state index contributed by atoms with van der Waals surface area (Å²) in [5.74, 6) is -1.07. The molecule has 0 aromatic heterocycles.